The van der Waals surface area contributed by atoms with Gasteiger partial charge in [0, 0.05) is 22.8 Å². The number of hydrogen-bond acceptors (Lipinski definition) is 3. The van der Waals surface area contributed by atoms with Crippen molar-refractivity contribution >= 4 is 17.3 Å². The summed E-state index contributed by atoms with van der Waals surface area (Å²) >= 11 is 1.69. The van der Waals surface area contributed by atoms with Crippen molar-refractivity contribution in [3.8, 4) is 0 Å². The van der Waals surface area contributed by atoms with Gasteiger partial charge in [0.05, 0.1) is 5.92 Å². The van der Waals surface area contributed by atoms with E-state index in [4.69, 9.17) is 5.11 Å². The maximum Gasteiger partial charge on any atom is 0.311 e. The molecule has 4 heteroatoms. The molecule has 88 valence electrons. The van der Waals surface area contributed by atoms with E-state index in [-0.39, 0.29) is 5.92 Å². The van der Waals surface area contributed by atoms with Crippen LogP contribution in [-0.2, 0) is 17.8 Å². The second-order valence-electron chi connectivity index (χ2n) is 4.38. The van der Waals surface area contributed by atoms with Crippen molar-refractivity contribution < 1.29 is 9.90 Å². The molecule has 1 N–H and O–H groups in total. The van der Waals surface area contributed by atoms with Gasteiger partial charge in [-0.25, -0.2) is 0 Å². The zero-order valence-electron chi connectivity index (χ0n) is 9.69. The number of carboxylic acid groups (broad SMARTS) is 1. The summed E-state index contributed by atoms with van der Waals surface area (Å²) < 4.78 is 0. The molecule has 0 fully saturated rings. The van der Waals surface area contributed by atoms with Crippen LogP contribution in [0.5, 0.6) is 0 Å². The van der Waals surface area contributed by atoms with Crippen LogP contribution in [0.2, 0.25) is 0 Å². The van der Waals surface area contributed by atoms with Gasteiger partial charge in [0.1, 0.15) is 0 Å². The van der Waals surface area contributed by atoms with E-state index in [1.807, 2.05) is 6.92 Å². The second-order valence-corrected chi connectivity index (χ2v) is 5.55. The SMILES string of the molecule is CCC(C(=O)O)c1cc2c(s1)CCN(C)C2. The van der Waals surface area contributed by atoms with Gasteiger partial charge in [-0.05, 0) is 31.5 Å². The van der Waals surface area contributed by atoms with Crippen molar-refractivity contribution in [3.63, 3.8) is 0 Å². The van der Waals surface area contributed by atoms with Gasteiger partial charge in [0.2, 0.25) is 0 Å². The quantitative estimate of drug-likeness (QED) is 0.880. The molecule has 1 aliphatic rings. The van der Waals surface area contributed by atoms with E-state index >= 15 is 0 Å². The summed E-state index contributed by atoms with van der Waals surface area (Å²) in [5, 5.41) is 9.14. The van der Waals surface area contributed by atoms with E-state index in [0.29, 0.717) is 6.42 Å². The molecule has 0 amide bonds. The Labute approximate surface area is 99.7 Å². The lowest BCUT2D eigenvalue weighted by atomic mass is 10.0. The molecule has 1 atom stereocenters. The average Bonchev–Trinajstić information content (AvgIpc) is 2.60. The van der Waals surface area contributed by atoms with Crippen LogP contribution in [0.4, 0.5) is 0 Å². The number of carboxylic acids is 1. The molecular weight excluding hydrogens is 222 g/mol. The Balaban J connectivity index is 2.27. The molecule has 1 aromatic heterocycles. The smallest absolute Gasteiger partial charge is 0.311 e. The average molecular weight is 239 g/mol. The Morgan fingerprint density at radius 1 is 1.69 bits per heavy atom. The largest absolute Gasteiger partial charge is 0.481 e. The summed E-state index contributed by atoms with van der Waals surface area (Å²) in [5.74, 6) is -1.02. The third-order valence-corrected chi connectivity index (χ3v) is 4.48. The molecule has 2 rings (SSSR count). The van der Waals surface area contributed by atoms with E-state index in [9.17, 15) is 4.79 Å². The minimum Gasteiger partial charge on any atom is -0.481 e. The Morgan fingerprint density at radius 3 is 3.06 bits per heavy atom. The first kappa shape index (κ1) is 11.6. The predicted molar refractivity (Wildman–Crippen MR) is 65.0 cm³/mol. The highest BCUT2D eigenvalue weighted by Crippen LogP contribution is 2.33. The molecule has 0 spiro atoms. The first-order valence-electron chi connectivity index (χ1n) is 5.64. The minimum atomic E-state index is -0.700. The molecule has 0 aliphatic carbocycles. The molecule has 2 heterocycles. The number of carbonyl (C=O) groups is 1. The molecule has 1 aromatic rings. The summed E-state index contributed by atoms with van der Waals surface area (Å²) in [6.07, 6.45) is 1.73. The number of nitrogens with zero attached hydrogens (tertiary/aromatic N) is 1. The fourth-order valence-corrected chi connectivity index (χ4v) is 3.51. The molecule has 0 radical (unpaired) electrons. The number of fused-ring (bicyclic) bond motifs is 1. The summed E-state index contributed by atoms with van der Waals surface area (Å²) in [4.78, 5) is 15.8. The number of hydrogen-bond donors (Lipinski definition) is 1. The lowest BCUT2D eigenvalue weighted by Crippen LogP contribution is -2.25. The maximum absolute atomic E-state index is 11.1. The van der Waals surface area contributed by atoms with Gasteiger partial charge < -0.3 is 10.0 Å². The standard InChI is InChI=1S/C12H17NO2S/c1-3-9(12(14)15)11-6-8-7-13(2)5-4-10(8)16-11/h6,9H,3-5,7H2,1-2H3,(H,14,15). The fraction of sp³-hybridized carbons (Fsp3) is 0.583. The van der Waals surface area contributed by atoms with Gasteiger partial charge in [-0.2, -0.15) is 0 Å². The zero-order valence-corrected chi connectivity index (χ0v) is 10.5. The highest BCUT2D eigenvalue weighted by atomic mass is 32.1. The topological polar surface area (TPSA) is 40.5 Å². The van der Waals surface area contributed by atoms with E-state index in [0.717, 1.165) is 24.4 Å². The monoisotopic (exact) mass is 239 g/mol. The fourth-order valence-electron chi connectivity index (χ4n) is 2.17. The van der Waals surface area contributed by atoms with Crippen molar-refractivity contribution in [1.82, 2.24) is 4.90 Å². The highest BCUT2D eigenvalue weighted by molar-refractivity contribution is 7.12. The van der Waals surface area contributed by atoms with Crippen LogP contribution in [-0.4, -0.2) is 29.6 Å². The molecular formula is C12H17NO2S. The molecule has 0 saturated heterocycles. The van der Waals surface area contributed by atoms with Crippen molar-refractivity contribution in [1.29, 1.82) is 0 Å². The molecule has 16 heavy (non-hydrogen) atoms. The van der Waals surface area contributed by atoms with Gasteiger partial charge >= 0.3 is 5.97 Å². The third-order valence-electron chi connectivity index (χ3n) is 3.13. The third kappa shape index (κ3) is 2.13. The van der Waals surface area contributed by atoms with Crippen LogP contribution in [0.15, 0.2) is 6.07 Å². The van der Waals surface area contributed by atoms with E-state index in [1.54, 1.807) is 11.3 Å². The van der Waals surface area contributed by atoms with E-state index < -0.39 is 5.97 Å². The van der Waals surface area contributed by atoms with Gasteiger partial charge in [-0.1, -0.05) is 6.92 Å². The van der Waals surface area contributed by atoms with Gasteiger partial charge in [-0.3, -0.25) is 4.79 Å². The van der Waals surface area contributed by atoms with Crippen LogP contribution in [0.25, 0.3) is 0 Å². The number of rotatable bonds is 3. The summed E-state index contributed by atoms with van der Waals surface area (Å²) in [7, 11) is 2.11. The van der Waals surface area contributed by atoms with E-state index in [2.05, 4.69) is 18.0 Å². The summed E-state index contributed by atoms with van der Waals surface area (Å²) in [6.45, 7) is 3.97. The molecule has 0 saturated carbocycles. The van der Waals surface area contributed by atoms with Gasteiger partial charge in [0.15, 0.2) is 0 Å². The van der Waals surface area contributed by atoms with Crippen LogP contribution >= 0.6 is 11.3 Å². The highest BCUT2D eigenvalue weighted by Gasteiger charge is 2.23. The van der Waals surface area contributed by atoms with Crippen LogP contribution in [0.1, 0.15) is 34.6 Å². The molecule has 1 aliphatic heterocycles. The van der Waals surface area contributed by atoms with Gasteiger partial charge in [0.25, 0.3) is 0 Å². The normalized spacial score (nSPS) is 18.1. The maximum atomic E-state index is 11.1. The summed E-state index contributed by atoms with van der Waals surface area (Å²) in [6, 6.07) is 2.10. The van der Waals surface area contributed by atoms with Gasteiger partial charge in [-0.15, -0.1) is 11.3 Å². The van der Waals surface area contributed by atoms with Crippen LogP contribution in [0, 0.1) is 0 Å². The van der Waals surface area contributed by atoms with Crippen molar-refractivity contribution in [3.05, 3.63) is 21.4 Å². The molecule has 1 unspecified atom stereocenters. The Morgan fingerprint density at radius 2 is 2.44 bits per heavy atom. The Kier molecular flexibility index (Phi) is 3.30. The molecule has 0 bridgehead atoms. The minimum absolute atomic E-state index is 0.319. The number of thiophene rings is 1. The lowest BCUT2D eigenvalue weighted by Gasteiger charge is -2.21. The van der Waals surface area contributed by atoms with Crippen LogP contribution < -0.4 is 0 Å². The first-order valence-corrected chi connectivity index (χ1v) is 6.46. The van der Waals surface area contributed by atoms with Crippen molar-refractivity contribution in [2.24, 2.45) is 0 Å². The number of likely N-dealkylation sites (N-methyl/N-ethyl adjacent to an activating group) is 1. The van der Waals surface area contributed by atoms with Crippen molar-refractivity contribution in [2.75, 3.05) is 13.6 Å². The molecule has 0 aromatic carbocycles. The van der Waals surface area contributed by atoms with Crippen LogP contribution in [0.3, 0.4) is 0 Å². The zero-order chi connectivity index (χ0) is 11.7. The summed E-state index contributed by atoms with van der Waals surface area (Å²) in [5.41, 5.74) is 1.33. The van der Waals surface area contributed by atoms with E-state index in [1.165, 1.54) is 10.4 Å². The Hall–Kier alpha value is -0.870. The predicted octanol–water partition coefficient (Wildman–Crippen LogP) is 2.31. The Bertz CT molecular complexity index is 400. The van der Waals surface area contributed by atoms with Crippen molar-refractivity contribution in [2.45, 2.75) is 32.2 Å². The number of aliphatic carboxylic acids is 1. The lowest BCUT2D eigenvalue weighted by molar-refractivity contribution is -0.138. The first-order chi connectivity index (χ1) is 7.61. The second kappa shape index (κ2) is 4.55. The molecule has 3 nitrogen and oxygen atoms in total.